The van der Waals surface area contributed by atoms with Crippen LogP contribution in [0.4, 0.5) is 0 Å². The van der Waals surface area contributed by atoms with Crippen LogP contribution in [0.5, 0.6) is 0 Å². The Labute approximate surface area is 70.9 Å². The molecular weight excluding hydrogens is 164 g/mol. The fourth-order valence-electron chi connectivity index (χ4n) is 1.22. The van der Waals surface area contributed by atoms with Crippen molar-refractivity contribution in [2.75, 3.05) is 20.8 Å². The average molecular weight is 178 g/mol. The van der Waals surface area contributed by atoms with Gasteiger partial charge in [0.05, 0.1) is 6.61 Å². The molecule has 0 aliphatic carbocycles. The van der Waals surface area contributed by atoms with Crippen molar-refractivity contribution in [2.45, 2.75) is 24.6 Å². The Balaban J connectivity index is 2.58. The summed E-state index contributed by atoms with van der Waals surface area (Å²) in [5.41, 5.74) is 0. The molecule has 0 amide bonds. The second kappa shape index (κ2) is 4.15. The molecule has 1 rings (SSSR count). The first-order valence-corrected chi connectivity index (χ1v) is 3.74. The van der Waals surface area contributed by atoms with Crippen LogP contribution in [0.3, 0.4) is 0 Å². The Hall–Kier alpha value is -0.200. The highest BCUT2D eigenvalue weighted by atomic mass is 16.7. The zero-order chi connectivity index (χ0) is 9.14. The third kappa shape index (κ3) is 1.75. The van der Waals surface area contributed by atoms with Crippen LogP contribution in [0.2, 0.25) is 0 Å². The largest absolute Gasteiger partial charge is 0.388 e. The van der Waals surface area contributed by atoms with E-state index in [2.05, 4.69) is 0 Å². The van der Waals surface area contributed by atoms with Gasteiger partial charge >= 0.3 is 0 Å². The van der Waals surface area contributed by atoms with Crippen LogP contribution in [0.25, 0.3) is 0 Å². The van der Waals surface area contributed by atoms with Gasteiger partial charge in [-0.15, -0.1) is 0 Å². The van der Waals surface area contributed by atoms with Crippen LogP contribution in [0, 0.1) is 0 Å². The molecule has 72 valence electrons. The van der Waals surface area contributed by atoms with E-state index in [0.717, 1.165) is 0 Å². The Morgan fingerprint density at radius 2 is 1.92 bits per heavy atom. The third-order valence-electron chi connectivity index (χ3n) is 1.93. The second-order valence-corrected chi connectivity index (χ2v) is 2.70. The molecule has 0 spiro atoms. The summed E-state index contributed by atoms with van der Waals surface area (Å²) in [6.07, 6.45) is -3.08. The third-order valence-corrected chi connectivity index (χ3v) is 1.93. The zero-order valence-corrected chi connectivity index (χ0v) is 7.14. The molecule has 12 heavy (non-hydrogen) atoms. The molecule has 5 nitrogen and oxygen atoms in total. The molecule has 0 aromatic rings. The summed E-state index contributed by atoms with van der Waals surface area (Å²) in [6, 6.07) is 0. The Morgan fingerprint density at radius 1 is 1.25 bits per heavy atom. The predicted octanol–water partition coefficient (Wildman–Crippen LogP) is -1.27. The van der Waals surface area contributed by atoms with Crippen molar-refractivity contribution in [1.82, 2.24) is 0 Å². The van der Waals surface area contributed by atoms with Crippen molar-refractivity contribution in [3.63, 3.8) is 0 Å². The van der Waals surface area contributed by atoms with Gasteiger partial charge < -0.3 is 24.4 Å². The summed E-state index contributed by atoms with van der Waals surface area (Å²) >= 11 is 0. The lowest BCUT2D eigenvalue weighted by molar-refractivity contribution is -0.268. The van der Waals surface area contributed by atoms with Gasteiger partial charge in [0.15, 0.2) is 6.29 Å². The summed E-state index contributed by atoms with van der Waals surface area (Å²) in [7, 11) is 2.89. The van der Waals surface area contributed by atoms with Crippen LogP contribution in [-0.2, 0) is 14.2 Å². The number of aliphatic hydroxyl groups excluding tert-OH is 2. The van der Waals surface area contributed by atoms with Gasteiger partial charge in [0, 0.05) is 14.2 Å². The van der Waals surface area contributed by atoms with Crippen LogP contribution < -0.4 is 0 Å². The maximum Gasteiger partial charge on any atom is 0.186 e. The minimum absolute atomic E-state index is 0.0690. The SMILES string of the molecule is COC1OCC(O)C(O)C1OC. The highest BCUT2D eigenvalue weighted by molar-refractivity contribution is 4.83. The standard InChI is InChI=1S/C7H14O5/c1-10-6-5(9)4(8)3-12-7(6)11-2/h4-9H,3H2,1-2H3. The zero-order valence-electron chi connectivity index (χ0n) is 7.14. The maximum absolute atomic E-state index is 9.40. The van der Waals surface area contributed by atoms with Crippen molar-refractivity contribution in [2.24, 2.45) is 0 Å². The summed E-state index contributed by atoms with van der Waals surface area (Å²) < 4.78 is 14.9. The van der Waals surface area contributed by atoms with E-state index in [0.29, 0.717) is 0 Å². The van der Waals surface area contributed by atoms with E-state index in [-0.39, 0.29) is 6.61 Å². The molecule has 0 radical (unpaired) electrons. The summed E-state index contributed by atoms with van der Waals surface area (Å²) in [5.74, 6) is 0. The highest BCUT2D eigenvalue weighted by Crippen LogP contribution is 2.18. The summed E-state index contributed by atoms with van der Waals surface area (Å²) in [5, 5.41) is 18.6. The smallest absolute Gasteiger partial charge is 0.186 e. The Kier molecular flexibility index (Phi) is 3.42. The molecule has 5 heteroatoms. The first-order valence-electron chi connectivity index (χ1n) is 3.74. The summed E-state index contributed by atoms with van der Waals surface area (Å²) in [4.78, 5) is 0. The molecule has 4 atom stereocenters. The van der Waals surface area contributed by atoms with Gasteiger partial charge in [0.2, 0.25) is 0 Å². The predicted molar refractivity (Wildman–Crippen MR) is 39.6 cm³/mol. The highest BCUT2D eigenvalue weighted by Gasteiger charge is 2.38. The van der Waals surface area contributed by atoms with E-state index in [9.17, 15) is 10.2 Å². The minimum atomic E-state index is -0.950. The lowest BCUT2D eigenvalue weighted by atomic mass is 10.1. The van der Waals surface area contributed by atoms with E-state index in [4.69, 9.17) is 14.2 Å². The second-order valence-electron chi connectivity index (χ2n) is 2.70. The molecule has 1 aliphatic rings. The number of aliphatic hydroxyl groups is 2. The van der Waals surface area contributed by atoms with E-state index in [1.165, 1.54) is 14.2 Å². The molecule has 0 bridgehead atoms. The number of hydrogen-bond donors (Lipinski definition) is 2. The fourth-order valence-corrected chi connectivity index (χ4v) is 1.22. The molecule has 1 fully saturated rings. The molecule has 2 N–H and O–H groups in total. The molecule has 0 saturated carbocycles. The number of hydrogen-bond acceptors (Lipinski definition) is 5. The summed E-state index contributed by atoms with van der Waals surface area (Å²) in [6.45, 7) is 0.0690. The fraction of sp³-hybridized carbons (Fsp3) is 1.00. The van der Waals surface area contributed by atoms with Crippen molar-refractivity contribution < 1.29 is 24.4 Å². The normalized spacial score (nSPS) is 43.0. The first kappa shape index (κ1) is 9.88. The topological polar surface area (TPSA) is 68.2 Å². The van der Waals surface area contributed by atoms with E-state index in [1.807, 2.05) is 0 Å². The van der Waals surface area contributed by atoms with Gasteiger partial charge in [-0.25, -0.2) is 0 Å². The molecule has 1 aliphatic heterocycles. The monoisotopic (exact) mass is 178 g/mol. The van der Waals surface area contributed by atoms with Crippen molar-refractivity contribution in [1.29, 1.82) is 0 Å². The molecule has 1 saturated heterocycles. The molecule has 0 aromatic carbocycles. The molecule has 1 heterocycles. The Morgan fingerprint density at radius 3 is 2.42 bits per heavy atom. The molecule has 4 unspecified atom stereocenters. The van der Waals surface area contributed by atoms with Gasteiger partial charge in [-0.1, -0.05) is 0 Å². The van der Waals surface area contributed by atoms with Gasteiger partial charge in [-0.3, -0.25) is 0 Å². The molecule has 0 aromatic heterocycles. The average Bonchev–Trinajstić information content (AvgIpc) is 2.09. The van der Waals surface area contributed by atoms with Crippen LogP contribution in [0.15, 0.2) is 0 Å². The van der Waals surface area contributed by atoms with Gasteiger partial charge in [0.25, 0.3) is 0 Å². The van der Waals surface area contributed by atoms with Crippen LogP contribution in [-0.4, -0.2) is 55.6 Å². The van der Waals surface area contributed by atoms with Crippen LogP contribution >= 0.6 is 0 Å². The Bertz CT molecular complexity index is 138. The number of ether oxygens (including phenoxy) is 3. The van der Waals surface area contributed by atoms with E-state index in [1.54, 1.807) is 0 Å². The number of rotatable bonds is 2. The lowest BCUT2D eigenvalue weighted by Gasteiger charge is -2.36. The lowest BCUT2D eigenvalue weighted by Crippen LogP contribution is -2.54. The van der Waals surface area contributed by atoms with Crippen LogP contribution in [0.1, 0.15) is 0 Å². The quantitative estimate of drug-likeness (QED) is 0.551. The van der Waals surface area contributed by atoms with Crippen molar-refractivity contribution >= 4 is 0 Å². The molecular formula is C7H14O5. The maximum atomic E-state index is 9.40. The van der Waals surface area contributed by atoms with Gasteiger partial charge in [-0.05, 0) is 0 Å². The minimum Gasteiger partial charge on any atom is -0.388 e. The first-order chi connectivity index (χ1) is 5.70. The van der Waals surface area contributed by atoms with Crippen molar-refractivity contribution in [3.8, 4) is 0 Å². The van der Waals surface area contributed by atoms with Crippen molar-refractivity contribution in [3.05, 3.63) is 0 Å². The van der Waals surface area contributed by atoms with E-state index < -0.39 is 24.6 Å². The van der Waals surface area contributed by atoms with Gasteiger partial charge in [-0.2, -0.15) is 0 Å². The number of methoxy groups -OCH3 is 2. The van der Waals surface area contributed by atoms with Gasteiger partial charge in [0.1, 0.15) is 18.3 Å². The van der Waals surface area contributed by atoms with E-state index >= 15 is 0 Å².